The normalized spacial score (nSPS) is 9.67. The Morgan fingerprint density at radius 2 is 2.07 bits per heavy atom. The molecule has 0 aliphatic heterocycles. The maximum Gasteiger partial charge on any atom is 0.336 e. The fourth-order valence-electron chi connectivity index (χ4n) is 0.985. The molecule has 0 radical (unpaired) electrons. The van der Waals surface area contributed by atoms with E-state index < -0.39 is 5.97 Å². The van der Waals surface area contributed by atoms with Gasteiger partial charge in [0.15, 0.2) is 0 Å². The van der Waals surface area contributed by atoms with E-state index in [1.807, 2.05) is 0 Å². The van der Waals surface area contributed by atoms with Gasteiger partial charge in [0.05, 0.1) is 11.3 Å². The number of carboxylic acid groups (broad SMARTS) is 1. The molecule has 0 bridgehead atoms. The SMILES string of the molecule is CNC(=O)CSc1ccccc1C(=O)O. The average molecular weight is 225 g/mol. The second-order valence-electron chi connectivity index (χ2n) is 2.76. The minimum atomic E-state index is -0.977. The zero-order chi connectivity index (χ0) is 11.3. The molecule has 1 amide bonds. The van der Waals surface area contributed by atoms with Gasteiger partial charge >= 0.3 is 5.97 Å². The second-order valence-corrected chi connectivity index (χ2v) is 3.78. The van der Waals surface area contributed by atoms with Crippen LogP contribution in [0.1, 0.15) is 10.4 Å². The molecule has 5 heteroatoms. The van der Waals surface area contributed by atoms with Crippen molar-refractivity contribution in [2.75, 3.05) is 12.8 Å². The van der Waals surface area contributed by atoms with E-state index >= 15 is 0 Å². The number of thioether (sulfide) groups is 1. The lowest BCUT2D eigenvalue weighted by atomic mass is 10.2. The van der Waals surface area contributed by atoms with E-state index in [4.69, 9.17) is 5.11 Å². The summed E-state index contributed by atoms with van der Waals surface area (Å²) in [4.78, 5) is 22.4. The second kappa shape index (κ2) is 5.41. The fraction of sp³-hybridized carbons (Fsp3) is 0.200. The van der Waals surface area contributed by atoms with Gasteiger partial charge in [0.2, 0.25) is 5.91 Å². The van der Waals surface area contributed by atoms with Crippen LogP contribution in [0.15, 0.2) is 29.2 Å². The first-order chi connectivity index (χ1) is 7.15. The van der Waals surface area contributed by atoms with Crippen molar-refractivity contribution in [3.8, 4) is 0 Å². The Labute approximate surface area is 91.7 Å². The number of carbonyl (C=O) groups excluding carboxylic acids is 1. The zero-order valence-corrected chi connectivity index (χ0v) is 9.00. The molecule has 0 aromatic heterocycles. The third-order valence-corrected chi connectivity index (χ3v) is 2.83. The van der Waals surface area contributed by atoms with Gasteiger partial charge in [-0.2, -0.15) is 0 Å². The largest absolute Gasteiger partial charge is 0.478 e. The number of carboxylic acids is 1. The molecule has 4 nitrogen and oxygen atoms in total. The lowest BCUT2D eigenvalue weighted by Crippen LogP contribution is -2.19. The van der Waals surface area contributed by atoms with Crippen LogP contribution in [0.5, 0.6) is 0 Å². The van der Waals surface area contributed by atoms with Crippen LogP contribution < -0.4 is 5.32 Å². The van der Waals surface area contributed by atoms with Crippen LogP contribution >= 0.6 is 11.8 Å². The topological polar surface area (TPSA) is 66.4 Å². The summed E-state index contributed by atoms with van der Waals surface area (Å²) in [7, 11) is 1.55. The van der Waals surface area contributed by atoms with Crippen LogP contribution in [0.25, 0.3) is 0 Å². The van der Waals surface area contributed by atoms with E-state index in [9.17, 15) is 9.59 Å². The molecule has 0 spiro atoms. The smallest absolute Gasteiger partial charge is 0.336 e. The van der Waals surface area contributed by atoms with Crippen molar-refractivity contribution in [3.05, 3.63) is 29.8 Å². The van der Waals surface area contributed by atoms with Crippen molar-refractivity contribution in [2.24, 2.45) is 0 Å². The van der Waals surface area contributed by atoms with Gasteiger partial charge in [0.1, 0.15) is 0 Å². The average Bonchev–Trinajstić information content (AvgIpc) is 2.26. The summed E-state index contributed by atoms with van der Waals surface area (Å²) in [6, 6.07) is 6.62. The molecule has 0 heterocycles. The van der Waals surface area contributed by atoms with Crippen molar-refractivity contribution in [1.82, 2.24) is 5.32 Å². The molecule has 1 rings (SSSR count). The summed E-state index contributed by atoms with van der Waals surface area (Å²) in [5.74, 6) is -0.879. The lowest BCUT2D eigenvalue weighted by Gasteiger charge is -2.04. The number of rotatable bonds is 4. The number of carbonyl (C=O) groups is 2. The van der Waals surface area contributed by atoms with Crippen molar-refractivity contribution in [1.29, 1.82) is 0 Å². The van der Waals surface area contributed by atoms with Crippen molar-refractivity contribution >= 4 is 23.6 Å². The summed E-state index contributed by atoms with van der Waals surface area (Å²) >= 11 is 1.22. The molecule has 0 aliphatic rings. The Kier molecular flexibility index (Phi) is 4.17. The summed E-state index contributed by atoms with van der Waals surface area (Å²) in [6.07, 6.45) is 0. The molecule has 0 saturated carbocycles. The first kappa shape index (κ1) is 11.6. The third-order valence-electron chi connectivity index (χ3n) is 1.76. The van der Waals surface area contributed by atoms with Gasteiger partial charge in [-0.25, -0.2) is 4.79 Å². The molecule has 80 valence electrons. The quantitative estimate of drug-likeness (QED) is 0.756. The maximum absolute atomic E-state index is 11.0. The van der Waals surface area contributed by atoms with Gasteiger partial charge in [-0.15, -0.1) is 11.8 Å². The van der Waals surface area contributed by atoms with Gasteiger partial charge in [0.25, 0.3) is 0 Å². The number of benzene rings is 1. The predicted octanol–water partition coefficient (Wildman–Crippen LogP) is 1.22. The molecule has 15 heavy (non-hydrogen) atoms. The summed E-state index contributed by atoms with van der Waals surface area (Å²) in [5.41, 5.74) is 0.228. The highest BCUT2D eigenvalue weighted by atomic mass is 32.2. The summed E-state index contributed by atoms with van der Waals surface area (Å²) in [5, 5.41) is 11.4. The van der Waals surface area contributed by atoms with Crippen LogP contribution in [0, 0.1) is 0 Å². The summed E-state index contributed by atoms with van der Waals surface area (Å²) in [6.45, 7) is 0. The fourth-order valence-corrected chi connectivity index (χ4v) is 1.90. The number of nitrogens with one attached hydrogen (secondary N) is 1. The van der Waals surface area contributed by atoms with Crippen LogP contribution in [0.4, 0.5) is 0 Å². The minimum Gasteiger partial charge on any atom is -0.478 e. The van der Waals surface area contributed by atoms with E-state index in [1.165, 1.54) is 17.8 Å². The molecule has 0 fully saturated rings. The Morgan fingerprint density at radius 3 is 2.67 bits per heavy atom. The van der Waals surface area contributed by atoms with E-state index in [0.29, 0.717) is 4.90 Å². The van der Waals surface area contributed by atoms with Crippen molar-refractivity contribution in [2.45, 2.75) is 4.90 Å². The van der Waals surface area contributed by atoms with Gasteiger partial charge in [-0.05, 0) is 12.1 Å². The number of amides is 1. The molecule has 0 unspecified atom stereocenters. The van der Waals surface area contributed by atoms with E-state index in [0.717, 1.165) is 0 Å². The minimum absolute atomic E-state index is 0.125. The molecule has 1 aromatic rings. The number of hydrogen-bond acceptors (Lipinski definition) is 3. The molecular formula is C10H11NO3S. The number of aromatic carboxylic acids is 1. The molecule has 0 saturated heterocycles. The van der Waals surface area contributed by atoms with E-state index in [1.54, 1.807) is 25.2 Å². The highest BCUT2D eigenvalue weighted by molar-refractivity contribution is 8.00. The first-order valence-electron chi connectivity index (χ1n) is 4.31. The zero-order valence-electron chi connectivity index (χ0n) is 8.19. The Balaban J connectivity index is 2.76. The van der Waals surface area contributed by atoms with E-state index in [-0.39, 0.29) is 17.2 Å². The molecule has 0 atom stereocenters. The van der Waals surface area contributed by atoms with E-state index in [2.05, 4.69) is 5.32 Å². The van der Waals surface area contributed by atoms with Crippen LogP contribution in [-0.2, 0) is 4.79 Å². The molecule has 2 N–H and O–H groups in total. The highest BCUT2D eigenvalue weighted by Crippen LogP contribution is 2.22. The molecule has 0 aliphatic carbocycles. The monoisotopic (exact) mass is 225 g/mol. The van der Waals surface area contributed by atoms with Gasteiger partial charge in [-0.1, -0.05) is 12.1 Å². The van der Waals surface area contributed by atoms with Crippen molar-refractivity contribution < 1.29 is 14.7 Å². The van der Waals surface area contributed by atoms with Crippen LogP contribution in [0.2, 0.25) is 0 Å². The van der Waals surface area contributed by atoms with Crippen LogP contribution in [0.3, 0.4) is 0 Å². The Hall–Kier alpha value is -1.49. The first-order valence-corrected chi connectivity index (χ1v) is 5.29. The molecule has 1 aromatic carbocycles. The summed E-state index contributed by atoms with van der Waals surface area (Å²) < 4.78 is 0. The van der Waals surface area contributed by atoms with Gasteiger partial charge in [-0.3, -0.25) is 4.79 Å². The van der Waals surface area contributed by atoms with Crippen LogP contribution in [-0.4, -0.2) is 29.8 Å². The lowest BCUT2D eigenvalue weighted by molar-refractivity contribution is -0.118. The Morgan fingerprint density at radius 1 is 1.40 bits per heavy atom. The molecular weight excluding hydrogens is 214 g/mol. The van der Waals surface area contributed by atoms with Crippen molar-refractivity contribution in [3.63, 3.8) is 0 Å². The third kappa shape index (κ3) is 3.28. The van der Waals surface area contributed by atoms with Gasteiger partial charge in [0, 0.05) is 11.9 Å². The maximum atomic E-state index is 11.0. The van der Waals surface area contributed by atoms with Gasteiger partial charge < -0.3 is 10.4 Å². The number of hydrogen-bond donors (Lipinski definition) is 2. The highest BCUT2D eigenvalue weighted by Gasteiger charge is 2.10. The predicted molar refractivity (Wildman–Crippen MR) is 58.2 cm³/mol. The Bertz CT molecular complexity index is 379. The standard InChI is InChI=1S/C10H11NO3S/c1-11-9(12)6-15-8-5-3-2-4-7(8)10(13)14/h2-5H,6H2,1H3,(H,11,12)(H,13,14).